The van der Waals surface area contributed by atoms with Crippen molar-refractivity contribution in [3.05, 3.63) is 11.7 Å². The lowest BCUT2D eigenvalue weighted by molar-refractivity contribution is -0.136. The van der Waals surface area contributed by atoms with Crippen LogP contribution in [-0.2, 0) is 16.0 Å². The van der Waals surface area contributed by atoms with Crippen LogP contribution in [0.3, 0.4) is 0 Å². The second-order valence-electron chi connectivity index (χ2n) is 3.52. The molecule has 0 amide bonds. The molecule has 0 radical (unpaired) electrons. The molecule has 0 aromatic carbocycles. The lowest BCUT2D eigenvalue weighted by atomic mass is 10.1. The van der Waals surface area contributed by atoms with Crippen molar-refractivity contribution in [1.29, 1.82) is 0 Å². The highest BCUT2D eigenvalue weighted by Gasteiger charge is 2.21. The van der Waals surface area contributed by atoms with Crippen molar-refractivity contribution in [3.63, 3.8) is 0 Å². The summed E-state index contributed by atoms with van der Waals surface area (Å²) in [5, 5.41) is 12.2. The molecule has 0 saturated heterocycles. The number of ether oxygens (including phenoxy) is 1. The molecule has 0 spiro atoms. The minimum atomic E-state index is -0.997. The van der Waals surface area contributed by atoms with Crippen molar-refractivity contribution < 1.29 is 19.2 Å². The molecule has 0 aliphatic heterocycles. The number of carbonyl (C=O) groups is 1. The van der Waals surface area contributed by atoms with Crippen LogP contribution in [0, 0.1) is 5.92 Å². The molecule has 0 fully saturated rings. The molecule has 1 aromatic rings. The van der Waals surface area contributed by atoms with Crippen molar-refractivity contribution in [2.75, 3.05) is 7.11 Å². The first kappa shape index (κ1) is 11.6. The van der Waals surface area contributed by atoms with Gasteiger partial charge in [-0.1, -0.05) is 19.0 Å². The third kappa shape index (κ3) is 3.02. The molecule has 15 heavy (non-hydrogen) atoms. The Morgan fingerprint density at radius 1 is 1.60 bits per heavy atom. The predicted molar refractivity (Wildman–Crippen MR) is 50.2 cm³/mol. The molecule has 1 aromatic heterocycles. The fourth-order valence-corrected chi connectivity index (χ4v) is 1.26. The lowest BCUT2D eigenvalue weighted by Crippen LogP contribution is -2.11. The zero-order valence-corrected chi connectivity index (χ0v) is 8.93. The van der Waals surface area contributed by atoms with E-state index in [1.807, 2.05) is 13.8 Å². The summed E-state index contributed by atoms with van der Waals surface area (Å²) in [4.78, 5) is 14.4. The van der Waals surface area contributed by atoms with Crippen LogP contribution in [0.15, 0.2) is 4.52 Å². The van der Waals surface area contributed by atoms with Gasteiger partial charge in [0.15, 0.2) is 0 Å². The summed E-state index contributed by atoms with van der Waals surface area (Å²) in [7, 11) is 1.55. The van der Waals surface area contributed by atoms with E-state index in [1.165, 1.54) is 0 Å². The van der Waals surface area contributed by atoms with Crippen LogP contribution in [0.2, 0.25) is 0 Å². The zero-order chi connectivity index (χ0) is 11.4. The molecule has 0 aliphatic rings. The number of hydrogen-bond donors (Lipinski definition) is 1. The fourth-order valence-electron chi connectivity index (χ4n) is 1.26. The molecule has 0 saturated carbocycles. The summed E-state index contributed by atoms with van der Waals surface area (Å²) in [6.45, 7) is 3.92. The van der Waals surface area contributed by atoms with E-state index < -0.39 is 5.97 Å². The largest absolute Gasteiger partial charge is 0.481 e. The zero-order valence-electron chi connectivity index (χ0n) is 8.93. The topological polar surface area (TPSA) is 85.5 Å². The summed E-state index contributed by atoms with van der Waals surface area (Å²) in [5.41, 5.74) is 0. The van der Waals surface area contributed by atoms with Gasteiger partial charge in [0.1, 0.15) is 12.5 Å². The van der Waals surface area contributed by atoms with E-state index >= 15 is 0 Å². The Balaban J connectivity index is 2.77. The van der Waals surface area contributed by atoms with E-state index in [0.717, 1.165) is 0 Å². The number of carboxylic acid groups (broad SMARTS) is 1. The van der Waals surface area contributed by atoms with Crippen molar-refractivity contribution in [1.82, 2.24) is 10.1 Å². The number of aliphatic carboxylic acids is 1. The van der Waals surface area contributed by atoms with Crippen LogP contribution < -0.4 is 0 Å². The van der Waals surface area contributed by atoms with E-state index in [9.17, 15) is 4.79 Å². The van der Waals surface area contributed by atoms with Gasteiger partial charge in [0.25, 0.3) is 0 Å². The summed E-state index contributed by atoms with van der Waals surface area (Å²) in [6.07, 6.45) is -0.530. The number of methoxy groups -OCH3 is 1. The summed E-state index contributed by atoms with van der Waals surface area (Å²) < 4.78 is 9.97. The summed E-state index contributed by atoms with van der Waals surface area (Å²) in [6, 6.07) is 0. The van der Waals surface area contributed by atoms with Gasteiger partial charge in [-0.3, -0.25) is 4.79 Å². The number of nitrogens with zero attached hydrogens (tertiary/aromatic N) is 2. The molecule has 1 unspecified atom stereocenters. The summed E-state index contributed by atoms with van der Waals surface area (Å²) >= 11 is 0. The maximum absolute atomic E-state index is 10.4. The first-order chi connectivity index (χ1) is 7.04. The van der Waals surface area contributed by atoms with Gasteiger partial charge in [0, 0.05) is 7.11 Å². The average Bonchev–Trinajstić information content (AvgIpc) is 2.52. The predicted octanol–water partition coefficient (Wildman–Crippen LogP) is 1.04. The van der Waals surface area contributed by atoms with Crippen molar-refractivity contribution in [2.24, 2.45) is 5.92 Å². The van der Waals surface area contributed by atoms with Crippen LogP contribution in [0.4, 0.5) is 0 Å². The third-order valence-corrected chi connectivity index (χ3v) is 1.90. The normalized spacial score (nSPS) is 13.1. The van der Waals surface area contributed by atoms with E-state index in [4.69, 9.17) is 14.4 Å². The number of hydrogen-bond acceptors (Lipinski definition) is 5. The third-order valence-electron chi connectivity index (χ3n) is 1.90. The van der Waals surface area contributed by atoms with Crippen LogP contribution in [0.1, 0.15) is 31.7 Å². The van der Waals surface area contributed by atoms with Gasteiger partial charge in [-0.05, 0) is 5.92 Å². The first-order valence-electron chi connectivity index (χ1n) is 4.61. The van der Waals surface area contributed by atoms with Crippen LogP contribution in [-0.4, -0.2) is 28.3 Å². The highest BCUT2D eigenvalue weighted by Crippen LogP contribution is 2.22. The molecular weight excluding hydrogens is 200 g/mol. The molecule has 1 atom stereocenters. The number of aromatic nitrogens is 2. The molecule has 1 rings (SSSR count). The standard InChI is InChI=1S/C9H14N2O4/c1-5(2)8(14-3)9-10-6(15-11-9)4-7(12)13/h5,8H,4H2,1-3H3,(H,12,13). The second-order valence-corrected chi connectivity index (χ2v) is 3.52. The van der Waals surface area contributed by atoms with Gasteiger partial charge in [0.05, 0.1) is 0 Å². The van der Waals surface area contributed by atoms with E-state index in [1.54, 1.807) is 7.11 Å². The molecular formula is C9H14N2O4. The quantitative estimate of drug-likeness (QED) is 0.788. The van der Waals surface area contributed by atoms with Gasteiger partial charge < -0.3 is 14.4 Å². The van der Waals surface area contributed by atoms with Gasteiger partial charge >= 0.3 is 5.97 Å². The lowest BCUT2D eigenvalue weighted by Gasteiger charge is -2.14. The Morgan fingerprint density at radius 3 is 2.73 bits per heavy atom. The molecule has 84 valence electrons. The van der Waals surface area contributed by atoms with Crippen LogP contribution >= 0.6 is 0 Å². The maximum atomic E-state index is 10.4. The molecule has 0 aliphatic carbocycles. The fraction of sp³-hybridized carbons (Fsp3) is 0.667. The maximum Gasteiger partial charge on any atom is 0.312 e. The Morgan fingerprint density at radius 2 is 2.27 bits per heavy atom. The highest BCUT2D eigenvalue weighted by atomic mass is 16.5. The SMILES string of the molecule is COC(c1noc(CC(=O)O)n1)C(C)C. The van der Waals surface area contributed by atoms with Crippen molar-refractivity contribution in [2.45, 2.75) is 26.4 Å². The highest BCUT2D eigenvalue weighted by molar-refractivity contribution is 5.68. The van der Waals surface area contributed by atoms with Gasteiger partial charge in [-0.15, -0.1) is 0 Å². The Bertz CT molecular complexity index is 335. The van der Waals surface area contributed by atoms with Gasteiger partial charge in [-0.25, -0.2) is 0 Å². The molecule has 6 heteroatoms. The minimum absolute atomic E-state index is 0.0974. The number of rotatable bonds is 5. The number of carboxylic acids is 1. The van der Waals surface area contributed by atoms with Crippen molar-refractivity contribution >= 4 is 5.97 Å². The molecule has 6 nitrogen and oxygen atoms in total. The Labute approximate surface area is 87.2 Å². The van der Waals surface area contributed by atoms with Crippen LogP contribution in [0.25, 0.3) is 0 Å². The van der Waals surface area contributed by atoms with Crippen LogP contribution in [0.5, 0.6) is 0 Å². The summed E-state index contributed by atoms with van der Waals surface area (Å²) in [5.74, 6) is -0.307. The smallest absolute Gasteiger partial charge is 0.312 e. The Hall–Kier alpha value is -1.43. The average molecular weight is 214 g/mol. The van der Waals surface area contributed by atoms with E-state index in [2.05, 4.69) is 10.1 Å². The molecule has 1 N–H and O–H groups in total. The molecule has 0 bridgehead atoms. The van der Waals surface area contributed by atoms with E-state index in [0.29, 0.717) is 5.82 Å². The second kappa shape index (κ2) is 4.88. The van der Waals surface area contributed by atoms with Gasteiger partial charge in [0.2, 0.25) is 11.7 Å². The molecule has 1 heterocycles. The van der Waals surface area contributed by atoms with Crippen molar-refractivity contribution in [3.8, 4) is 0 Å². The van der Waals surface area contributed by atoms with E-state index in [-0.39, 0.29) is 24.3 Å². The minimum Gasteiger partial charge on any atom is -0.481 e. The Kier molecular flexibility index (Phi) is 3.79. The first-order valence-corrected chi connectivity index (χ1v) is 4.61. The van der Waals surface area contributed by atoms with Gasteiger partial charge in [-0.2, -0.15) is 4.98 Å². The monoisotopic (exact) mass is 214 g/mol.